The summed E-state index contributed by atoms with van der Waals surface area (Å²) in [6.45, 7) is 5.86. The van der Waals surface area contributed by atoms with Crippen LogP contribution in [0.15, 0.2) is 59.5 Å². The first-order valence-corrected chi connectivity index (χ1v) is 9.96. The normalized spacial score (nSPS) is 12.9. The first kappa shape index (κ1) is 18.4. The van der Waals surface area contributed by atoms with Crippen molar-refractivity contribution in [1.82, 2.24) is 4.72 Å². The highest BCUT2D eigenvalue weighted by Gasteiger charge is 2.20. The zero-order valence-corrected chi connectivity index (χ0v) is 16.2. The van der Waals surface area contributed by atoms with Crippen molar-refractivity contribution in [2.45, 2.75) is 31.7 Å². The van der Waals surface area contributed by atoms with Gasteiger partial charge in [-0.3, -0.25) is 0 Å². The van der Waals surface area contributed by atoms with Crippen molar-refractivity contribution in [2.75, 3.05) is 7.11 Å². The van der Waals surface area contributed by atoms with Crippen LogP contribution in [0.3, 0.4) is 0 Å². The van der Waals surface area contributed by atoms with Crippen molar-refractivity contribution >= 4 is 20.8 Å². The molecule has 0 saturated carbocycles. The lowest BCUT2D eigenvalue weighted by molar-refractivity contribution is 0.415. The molecule has 1 atom stereocenters. The van der Waals surface area contributed by atoms with Crippen LogP contribution in [0.1, 0.15) is 29.7 Å². The summed E-state index contributed by atoms with van der Waals surface area (Å²) in [6.07, 6.45) is 0. The van der Waals surface area contributed by atoms with E-state index >= 15 is 0 Å². The van der Waals surface area contributed by atoms with Gasteiger partial charge >= 0.3 is 0 Å². The molecular formula is C21H23NO3S. The van der Waals surface area contributed by atoms with E-state index in [9.17, 15) is 8.42 Å². The van der Waals surface area contributed by atoms with E-state index in [0.29, 0.717) is 0 Å². The quantitative estimate of drug-likeness (QED) is 0.720. The second-order valence-corrected chi connectivity index (χ2v) is 8.29. The number of rotatable bonds is 5. The highest BCUT2D eigenvalue weighted by atomic mass is 32.2. The van der Waals surface area contributed by atoms with Crippen LogP contribution in [-0.2, 0) is 10.0 Å². The summed E-state index contributed by atoms with van der Waals surface area (Å²) in [5, 5.41) is 1.79. The zero-order valence-electron chi connectivity index (χ0n) is 15.4. The molecule has 0 radical (unpaired) electrons. The lowest BCUT2D eigenvalue weighted by atomic mass is 10.0. The molecule has 3 aromatic rings. The lowest BCUT2D eigenvalue weighted by Crippen LogP contribution is -2.27. The molecule has 5 heteroatoms. The smallest absolute Gasteiger partial charge is 0.241 e. The fraction of sp³-hybridized carbons (Fsp3) is 0.238. The molecule has 0 aliphatic rings. The molecule has 0 aliphatic heterocycles. The van der Waals surface area contributed by atoms with Gasteiger partial charge in [0.2, 0.25) is 10.0 Å². The molecular weight excluding hydrogens is 346 g/mol. The summed E-state index contributed by atoms with van der Waals surface area (Å²) >= 11 is 0. The maximum atomic E-state index is 12.8. The molecule has 0 aliphatic carbocycles. The van der Waals surface area contributed by atoms with Gasteiger partial charge in [0.25, 0.3) is 0 Å². The number of sulfonamides is 1. The van der Waals surface area contributed by atoms with Crippen LogP contribution in [0, 0.1) is 13.8 Å². The van der Waals surface area contributed by atoms with Gasteiger partial charge in [0.05, 0.1) is 12.0 Å². The van der Waals surface area contributed by atoms with Gasteiger partial charge in [-0.1, -0.05) is 35.9 Å². The van der Waals surface area contributed by atoms with Crippen molar-refractivity contribution in [3.63, 3.8) is 0 Å². The molecule has 0 bridgehead atoms. The summed E-state index contributed by atoms with van der Waals surface area (Å²) in [7, 11) is -2.02. The van der Waals surface area contributed by atoms with Crippen LogP contribution in [0.4, 0.5) is 0 Å². The molecule has 0 spiro atoms. The van der Waals surface area contributed by atoms with E-state index in [1.807, 2.05) is 57.2 Å². The molecule has 26 heavy (non-hydrogen) atoms. The second kappa shape index (κ2) is 7.09. The predicted octanol–water partition coefficient (Wildman–Crippen LogP) is 4.50. The molecule has 4 nitrogen and oxygen atoms in total. The third-order valence-electron chi connectivity index (χ3n) is 4.56. The maximum absolute atomic E-state index is 12.8. The van der Waals surface area contributed by atoms with E-state index in [-0.39, 0.29) is 10.9 Å². The Morgan fingerprint density at radius 2 is 1.62 bits per heavy atom. The molecule has 0 fully saturated rings. The summed E-state index contributed by atoms with van der Waals surface area (Å²) in [6, 6.07) is 16.4. The van der Waals surface area contributed by atoms with Gasteiger partial charge < -0.3 is 4.74 Å². The zero-order chi connectivity index (χ0) is 18.9. The van der Waals surface area contributed by atoms with Crippen molar-refractivity contribution in [2.24, 2.45) is 0 Å². The highest BCUT2D eigenvalue weighted by Crippen LogP contribution is 2.25. The van der Waals surface area contributed by atoms with Crippen LogP contribution < -0.4 is 9.46 Å². The van der Waals surface area contributed by atoms with E-state index in [0.717, 1.165) is 33.2 Å². The molecule has 0 saturated heterocycles. The van der Waals surface area contributed by atoms with Gasteiger partial charge in [-0.15, -0.1) is 0 Å². The summed E-state index contributed by atoms with van der Waals surface area (Å²) in [5.74, 6) is 0.745. The molecule has 1 unspecified atom stereocenters. The van der Waals surface area contributed by atoms with Crippen molar-refractivity contribution < 1.29 is 13.2 Å². The minimum atomic E-state index is -3.63. The lowest BCUT2D eigenvalue weighted by Gasteiger charge is -2.18. The molecule has 0 heterocycles. The highest BCUT2D eigenvalue weighted by molar-refractivity contribution is 7.89. The van der Waals surface area contributed by atoms with Crippen LogP contribution in [0.5, 0.6) is 5.75 Å². The minimum absolute atomic E-state index is 0.257. The Morgan fingerprint density at radius 1 is 0.923 bits per heavy atom. The first-order chi connectivity index (χ1) is 12.3. The number of ether oxygens (including phenoxy) is 1. The minimum Gasteiger partial charge on any atom is -0.497 e. The molecule has 0 aromatic heterocycles. The predicted molar refractivity (Wildman–Crippen MR) is 105 cm³/mol. The molecule has 3 aromatic carbocycles. The van der Waals surface area contributed by atoms with Gasteiger partial charge in [-0.2, -0.15) is 0 Å². The number of hydrogen-bond donors (Lipinski definition) is 1. The molecule has 136 valence electrons. The topological polar surface area (TPSA) is 55.4 Å². The van der Waals surface area contributed by atoms with Crippen molar-refractivity contribution in [1.29, 1.82) is 0 Å². The van der Waals surface area contributed by atoms with Crippen LogP contribution in [-0.4, -0.2) is 15.5 Å². The number of benzene rings is 3. The number of nitrogens with one attached hydrogen (secondary N) is 1. The maximum Gasteiger partial charge on any atom is 0.241 e. The van der Waals surface area contributed by atoms with Gasteiger partial charge in [0.1, 0.15) is 5.75 Å². The van der Waals surface area contributed by atoms with E-state index in [1.165, 1.54) is 0 Å². The van der Waals surface area contributed by atoms with Crippen LogP contribution in [0.2, 0.25) is 0 Å². The summed E-state index contributed by atoms with van der Waals surface area (Å²) in [5.41, 5.74) is 3.16. The Balaban J connectivity index is 1.92. The molecule has 1 N–H and O–H groups in total. The van der Waals surface area contributed by atoms with Crippen molar-refractivity contribution in [3.05, 3.63) is 71.3 Å². The molecule has 0 amide bonds. The Hall–Kier alpha value is -2.37. The number of methoxy groups -OCH3 is 1. The average Bonchev–Trinajstić information content (AvgIpc) is 2.62. The third-order valence-corrected chi connectivity index (χ3v) is 6.10. The van der Waals surface area contributed by atoms with E-state index in [1.54, 1.807) is 25.3 Å². The summed E-state index contributed by atoms with van der Waals surface area (Å²) < 4.78 is 33.7. The number of hydrogen-bond acceptors (Lipinski definition) is 3. The van der Waals surface area contributed by atoms with Gasteiger partial charge in [0.15, 0.2) is 0 Å². The van der Waals surface area contributed by atoms with E-state index < -0.39 is 10.0 Å². The average molecular weight is 369 g/mol. The Labute approximate surface area is 154 Å². The largest absolute Gasteiger partial charge is 0.497 e. The Bertz CT molecular complexity index is 1060. The van der Waals surface area contributed by atoms with Crippen LogP contribution in [0.25, 0.3) is 10.8 Å². The van der Waals surface area contributed by atoms with Gasteiger partial charge in [0, 0.05) is 6.04 Å². The monoisotopic (exact) mass is 369 g/mol. The second-order valence-electron chi connectivity index (χ2n) is 6.58. The Morgan fingerprint density at radius 3 is 2.35 bits per heavy atom. The van der Waals surface area contributed by atoms with Crippen molar-refractivity contribution in [3.8, 4) is 5.75 Å². The molecule has 3 rings (SSSR count). The fourth-order valence-corrected chi connectivity index (χ4v) is 4.34. The van der Waals surface area contributed by atoms with E-state index in [4.69, 9.17) is 4.74 Å². The van der Waals surface area contributed by atoms with Crippen LogP contribution >= 0.6 is 0 Å². The third kappa shape index (κ3) is 3.74. The standard InChI is InChI=1S/C21H23NO3S/c1-14-5-6-15(2)21(11-14)16(3)22-26(23,24)20-10-8-17-12-19(25-4)9-7-18(17)13-20/h5-13,16,22H,1-4H3. The first-order valence-electron chi connectivity index (χ1n) is 8.47. The van der Waals surface area contributed by atoms with Gasteiger partial charge in [-0.05, 0) is 66.9 Å². The Kier molecular flexibility index (Phi) is 5.03. The number of fused-ring (bicyclic) bond motifs is 1. The van der Waals surface area contributed by atoms with E-state index in [2.05, 4.69) is 4.72 Å². The SMILES string of the molecule is COc1ccc2cc(S(=O)(=O)NC(C)c3cc(C)ccc3C)ccc2c1. The van der Waals surface area contributed by atoms with Gasteiger partial charge in [-0.25, -0.2) is 13.1 Å². The fourth-order valence-electron chi connectivity index (χ4n) is 3.09. The number of aryl methyl sites for hydroxylation is 2. The summed E-state index contributed by atoms with van der Waals surface area (Å²) in [4.78, 5) is 0.257.